The van der Waals surface area contributed by atoms with Crippen LogP contribution in [0.2, 0.25) is 0 Å². The maximum atomic E-state index is 13.2. The highest BCUT2D eigenvalue weighted by Gasteiger charge is 2.48. The average molecular weight is 440 g/mol. The molecule has 2 fully saturated rings. The van der Waals surface area contributed by atoms with Crippen LogP contribution in [-0.4, -0.2) is 76.8 Å². The molecule has 3 aliphatic heterocycles. The van der Waals surface area contributed by atoms with Crippen molar-refractivity contribution in [3.8, 4) is 0 Å². The largest absolute Gasteiger partial charge is 0.378 e. The van der Waals surface area contributed by atoms with Crippen LogP contribution in [0.5, 0.6) is 0 Å². The van der Waals surface area contributed by atoms with Crippen LogP contribution in [-0.2, 0) is 26.4 Å². The number of urea groups is 1. The summed E-state index contributed by atoms with van der Waals surface area (Å²) in [5.41, 5.74) is 1.23. The van der Waals surface area contributed by atoms with Crippen molar-refractivity contribution in [3.05, 3.63) is 48.0 Å². The zero-order chi connectivity index (χ0) is 22.1. The van der Waals surface area contributed by atoms with Crippen molar-refractivity contribution in [3.63, 3.8) is 0 Å². The number of carbonyl (C=O) groups excluding carboxylic acids is 2. The molecule has 9 nitrogen and oxygen atoms in total. The number of aromatic nitrogens is 2. The van der Waals surface area contributed by atoms with Gasteiger partial charge in [-0.05, 0) is 24.6 Å². The van der Waals surface area contributed by atoms with E-state index in [-0.39, 0.29) is 11.9 Å². The molecule has 5 rings (SSSR count). The number of imidazole rings is 1. The van der Waals surface area contributed by atoms with Gasteiger partial charge in [-0.3, -0.25) is 4.79 Å². The van der Waals surface area contributed by atoms with Crippen LogP contribution in [0.1, 0.15) is 24.2 Å². The van der Waals surface area contributed by atoms with Gasteiger partial charge in [0, 0.05) is 57.1 Å². The number of nitrogens with zero attached hydrogens (tertiary/aromatic N) is 4. The van der Waals surface area contributed by atoms with E-state index >= 15 is 0 Å². The molecule has 0 saturated carbocycles. The fourth-order valence-corrected chi connectivity index (χ4v) is 4.85. The number of fused-ring (bicyclic) bond motifs is 2. The summed E-state index contributed by atoms with van der Waals surface area (Å²) in [6.07, 6.45) is 4.31. The van der Waals surface area contributed by atoms with Crippen molar-refractivity contribution >= 4 is 17.6 Å². The molecule has 0 aliphatic carbocycles. The van der Waals surface area contributed by atoms with Gasteiger partial charge in [-0.25, -0.2) is 9.78 Å². The molecule has 3 aliphatic rings. The monoisotopic (exact) mass is 439 g/mol. The molecule has 0 bridgehead atoms. The number of piperidine rings is 1. The summed E-state index contributed by atoms with van der Waals surface area (Å²) in [7, 11) is 0. The predicted octanol–water partition coefficient (Wildman–Crippen LogP) is 1.97. The van der Waals surface area contributed by atoms with Gasteiger partial charge < -0.3 is 29.2 Å². The maximum absolute atomic E-state index is 13.2. The van der Waals surface area contributed by atoms with Gasteiger partial charge >= 0.3 is 6.03 Å². The molecule has 3 amide bonds. The first kappa shape index (κ1) is 21.0. The predicted molar refractivity (Wildman–Crippen MR) is 117 cm³/mol. The molecule has 9 heteroatoms. The summed E-state index contributed by atoms with van der Waals surface area (Å²) in [6.45, 7) is 5.83. The lowest BCUT2D eigenvalue weighted by Crippen LogP contribution is -2.56. The number of carbonyl (C=O) groups is 2. The van der Waals surface area contributed by atoms with E-state index in [1.807, 2.05) is 46.9 Å². The number of hydrogen-bond acceptors (Lipinski definition) is 5. The number of ether oxygens (including phenoxy) is 2. The fourth-order valence-electron chi connectivity index (χ4n) is 4.85. The van der Waals surface area contributed by atoms with E-state index in [1.165, 1.54) is 0 Å². The highest BCUT2D eigenvalue weighted by molar-refractivity contribution is 5.89. The molecular weight excluding hydrogens is 410 g/mol. The number of anilines is 1. The number of rotatable bonds is 2. The van der Waals surface area contributed by atoms with Crippen molar-refractivity contribution in [2.45, 2.75) is 38.0 Å². The molecule has 170 valence electrons. The van der Waals surface area contributed by atoms with E-state index in [0.29, 0.717) is 58.8 Å². The van der Waals surface area contributed by atoms with Gasteiger partial charge in [0.2, 0.25) is 0 Å². The smallest absolute Gasteiger partial charge is 0.321 e. The van der Waals surface area contributed by atoms with E-state index in [1.54, 1.807) is 11.1 Å². The van der Waals surface area contributed by atoms with Crippen LogP contribution < -0.4 is 5.32 Å². The van der Waals surface area contributed by atoms with Crippen LogP contribution in [0.25, 0.3) is 0 Å². The number of morpholine rings is 1. The van der Waals surface area contributed by atoms with Gasteiger partial charge in [0.05, 0.1) is 19.8 Å². The highest BCUT2D eigenvalue weighted by Crippen LogP contribution is 2.40. The third kappa shape index (κ3) is 3.98. The Bertz CT molecular complexity index is 992. The zero-order valence-electron chi connectivity index (χ0n) is 18.3. The Morgan fingerprint density at radius 3 is 2.66 bits per heavy atom. The third-order valence-corrected chi connectivity index (χ3v) is 6.58. The number of amides is 3. The molecule has 1 spiro atoms. The SMILES string of the molecule is Cc1cccc(NC(=O)N2CCC3(CC2)O[C@H](C(=O)N2CCOCC2)Cn2ccnc23)c1. The molecule has 1 aromatic heterocycles. The summed E-state index contributed by atoms with van der Waals surface area (Å²) in [6, 6.07) is 7.64. The maximum Gasteiger partial charge on any atom is 0.321 e. The Balaban J connectivity index is 1.28. The molecule has 0 radical (unpaired) electrons. The Morgan fingerprint density at radius 2 is 1.91 bits per heavy atom. The number of aryl methyl sites for hydroxylation is 1. The molecule has 2 aromatic rings. The molecule has 1 atom stereocenters. The van der Waals surface area contributed by atoms with Crippen LogP contribution in [0.15, 0.2) is 36.7 Å². The Hall–Kier alpha value is -2.91. The topological polar surface area (TPSA) is 88.9 Å². The highest BCUT2D eigenvalue weighted by atomic mass is 16.5. The van der Waals surface area contributed by atoms with Gasteiger partial charge in [-0.1, -0.05) is 12.1 Å². The first-order valence-electron chi connectivity index (χ1n) is 11.2. The van der Waals surface area contributed by atoms with E-state index < -0.39 is 11.7 Å². The van der Waals surface area contributed by atoms with Crippen LogP contribution in [0.4, 0.5) is 10.5 Å². The molecular formula is C23H29N5O4. The van der Waals surface area contributed by atoms with E-state index in [9.17, 15) is 9.59 Å². The second kappa shape index (κ2) is 8.55. The van der Waals surface area contributed by atoms with Crippen molar-refractivity contribution < 1.29 is 19.1 Å². The van der Waals surface area contributed by atoms with E-state index in [4.69, 9.17) is 9.47 Å². The lowest BCUT2D eigenvalue weighted by molar-refractivity contribution is -0.182. The second-order valence-electron chi connectivity index (χ2n) is 8.73. The quantitative estimate of drug-likeness (QED) is 0.773. The lowest BCUT2D eigenvalue weighted by Gasteiger charge is -2.46. The number of hydrogen-bond donors (Lipinski definition) is 1. The molecule has 1 aromatic carbocycles. The third-order valence-electron chi connectivity index (χ3n) is 6.58. The standard InChI is InChI=1S/C23H29N5O4/c1-17-3-2-4-18(15-17)25-22(30)27-8-5-23(6-9-27)21-24-7-10-28(21)16-19(32-23)20(29)26-11-13-31-14-12-26/h2-4,7,10,15,19H,5-6,8-9,11-14,16H2,1H3,(H,25,30)/t19-/m0/s1. The molecule has 4 heterocycles. The number of benzene rings is 1. The zero-order valence-corrected chi connectivity index (χ0v) is 18.3. The Kier molecular flexibility index (Phi) is 5.60. The first-order chi connectivity index (χ1) is 15.5. The van der Waals surface area contributed by atoms with Crippen molar-refractivity contribution in [1.29, 1.82) is 0 Å². The summed E-state index contributed by atoms with van der Waals surface area (Å²) in [5.74, 6) is 0.855. The van der Waals surface area contributed by atoms with Gasteiger partial charge in [0.25, 0.3) is 5.91 Å². The van der Waals surface area contributed by atoms with E-state index in [2.05, 4.69) is 10.3 Å². The van der Waals surface area contributed by atoms with Gasteiger partial charge in [-0.15, -0.1) is 0 Å². The summed E-state index contributed by atoms with van der Waals surface area (Å²) in [5, 5.41) is 2.98. The minimum Gasteiger partial charge on any atom is -0.378 e. The number of nitrogens with one attached hydrogen (secondary N) is 1. The minimum absolute atomic E-state index is 0.00615. The average Bonchev–Trinajstić information content (AvgIpc) is 3.29. The normalized spacial score (nSPS) is 22.5. The second-order valence-corrected chi connectivity index (χ2v) is 8.73. The summed E-state index contributed by atoms with van der Waals surface area (Å²) < 4.78 is 13.9. The first-order valence-corrected chi connectivity index (χ1v) is 11.2. The molecule has 32 heavy (non-hydrogen) atoms. The molecule has 1 N–H and O–H groups in total. The van der Waals surface area contributed by atoms with E-state index in [0.717, 1.165) is 17.1 Å². The minimum atomic E-state index is -0.658. The fraction of sp³-hybridized carbons (Fsp3) is 0.522. The van der Waals surface area contributed by atoms with Crippen LogP contribution >= 0.6 is 0 Å². The Labute approximate surface area is 187 Å². The van der Waals surface area contributed by atoms with Gasteiger partial charge in [0.15, 0.2) is 6.10 Å². The van der Waals surface area contributed by atoms with Crippen molar-refractivity contribution in [2.75, 3.05) is 44.7 Å². The van der Waals surface area contributed by atoms with Crippen LogP contribution in [0, 0.1) is 6.92 Å². The van der Waals surface area contributed by atoms with Gasteiger partial charge in [-0.2, -0.15) is 0 Å². The number of likely N-dealkylation sites (tertiary alicyclic amines) is 1. The lowest BCUT2D eigenvalue weighted by atomic mass is 9.88. The van der Waals surface area contributed by atoms with Crippen LogP contribution in [0.3, 0.4) is 0 Å². The van der Waals surface area contributed by atoms with Crippen molar-refractivity contribution in [2.24, 2.45) is 0 Å². The molecule has 2 saturated heterocycles. The van der Waals surface area contributed by atoms with Crippen molar-refractivity contribution in [1.82, 2.24) is 19.4 Å². The summed E-state index contributed by atoms with van der Waals surface area (Å²) in [4.78, 5) is 34.1. The molecule has 0 unspecified atom stereocenters. The van der Waals surface area contributed by atoms with Gasteiger partial charge in [0.1, 0.15) is 11.4 Å². The Morgan fingerprint density at radius 1 is 1.12 bits per heavy atom. The summed E-state index contributed by atoms with van der Waals surface area (Å²) >= 11 is 0.